The molecule has 1 saturated heterocycles. The number of aliphatic hydroxyl groups is 1. The summed E-state index contributed by atoms with van der Waals surface area (Å²) in [4.78, 5) is 115. The van der Waals surface area contributed by atoms with Gasteiger partial charge < -0.3 is 45.9 Å². The summed E-state index contributed by atoms with van der Waals surface area (Å²) >= 11 is 0. The third kappa shape index (κ3) is 15.9. The van der Waals surface area contributed by atoms with Gasteiger partial charge in [-0.15, -0.1) is 0 Å². The molecule has 0 unspecified atom stereocenters. The van der Waals surface area contributed by atoms with Gasteiger partial charge in [0.05, 0.1) is 24.3 Å². The molecule has 7 atom stereocenters. The van der Waals surface area contributed by atoms with Crippen molar-refractivity contribution in [2.24, 2.45) is 28.9 Å². The van der Waals surface area contributed by atoms with E-state index in [1.807, 2.05) is 0 Å². The maximum Gasteiger partial charge on any atom is 0.410 e. The van der Waals surface area contributed by atoms with Crippen LogP contribution < -0.4 is 21.7 Å². The van der Waals surface area contributed by atoms with Gasteiger partial charge >= 0.3 is 12.1 Å². The van der Waals surface area contributed by atoms with Crippen LogP contribution in [0, 0.1) is 40.6 Å². The monoisotopic (exact) mass is 1160 g/mol. The highest BCUT2D eigenvalue weighted by Crippen LogP contribution is 2.41. The second kappa shape index (κ2) is 27.6. The molecule has 0 aliphatic carbocycles. The molecule has 4 aromatic carbocycles. The summed E-state index contributed by atoms with van der Waals surface area (Å²) in [5, 5.41) is 18.8. The van der Waals surface area contributed by atoms with E-state index in [-0.39, 0.29) is 69.1 Å². The number of likely N-dealkylation sites (tertiary alicyclic amines) is 1. The van der Waals surface area contributed by atoms with Crippen LogP contribution in [0.4, 0.5) is 32.8 Å². The highest BCUT2D eigenvalue weighted by Gasteiger charge is 2.45. The molecule has 0 bridgehead atoms. The van der Waals surface area contributed by atoms with E-state index >= 15 is 8.78 Å². The lowest BCUT2D eigenvalue weighted by molar-refractivity contribution is -0.146. The Morgan fingerprint density at radius 1 is 0.845 bits per heavy atom. The number of benzene rings is 4. The van der Waals surface area contributed by atoms with Crippen molar-refractivity contribution in [3.8, 4) is 11.3 Å². The number of halogens is 4. The SMILES string of the molecule is CC(C)[C@H](NC(=O)[C@H](c1ccccc1)N1C(=O)C=CC1=O)C(=O)C[C@@H](CCCNC(N)=O)C(=O)Nc1ccc(COC(=O)N2C[C@@H](CN(C(=O)[C@H](C)O)[C@@H](c3nc(-c4cc(F)ccc4F)cn3Cc3cccc(F)c3)C(C)(C)C)[C@@H](F)C2)cc1. The lowest BCUT2D eigenvalue weighted by Gasteiger charge is -2.41. The number of rotatable bonds is 24. The van der Waals surface area contributed by atoms with E-state index in [4.69, 9.17) is 15.5 Å². The maximum absolute atomic E-state index is 16.2. The number of ketones is 1. The quantitative estimate of drug-likeness (QED) is 0.0227. The van der Waals surface area contributed by atoms with Crippen LogP contribution >= 0.6 is 0 Å². The Balaban J connectivity index is 1.01. The number of aromatic nitrogens is 2. The number of amides is 8. The Bertz CT molecular complexity index is 3240. The molecule has 23 heteroatoms. The van der Waals surface area contributed by atoms with Gasteiger partial charge in [0.1, 0.15) is 48.2 Å². The molecule has 2 aliphatic rings. The first-order valence-corrected chi connectivity index (χ1v) is 27.5. The zero-order valence-electron chi connectivity index (χ0n) is 47.4. The topological polar surface area (TPSA) is 256 Å². The van der Waals surface area contributed by atoms with Crippen molar-refractivity contribution in [1.29, 1.82) is 0 Å². The maximum atomic E-state index is 16.2. The first-order valence-electron chi connectivity index (χ1n) is 27.5. The van der Waals surface area contributed by atoms with Crippen LogP contribution in [0.5, 0.6) is 0 Å². The minimum Gasteiger partial charge on any atom is -0.445 e. The number of hydrogen-bond donors (Lipinski definition) is 5. The summed E-state index contributed by atoms with van der Waals surface area (Å²) in [6.45, 7) is 8.85. The van der Waals surface area contributed by atoms with Crippen molar-refractivity contribution in [2.45, 2.75) is 104 Å². The van der Waals surface area contributed by atoms with Crippen LogP contribution in [0.1, 0.15) is 95.4 Å². The Hall–Kier alpha value is -8.73. The first-order chi connectivity index (χ1) is 39.8. The molecule has 0 saturated carbocycles. The number of imidazole rings is 1. The Morgan fingerprint density at radius 3 is 2.15 bits per heavy atom. The number of imide groups is 1. The van der Waals surface area contributed by atoms with Crippen LogP contribution in [0.3, 0.4) is 0 Å². The zero-order chi connectivity index (χ0) is 61.2. The molecule has 446 valence electrons. The van der Waals surface area contributed by atoms with Gasteiger partial charge in [0.25, 0.3) is 17.7 Å². The van der Waals surface area contributed by atoms with Gasteiger partial charge in [-0.3, -0.25) is 33.7 Å². The van der Waals surface area contributed by atoms with E-state index in [1.54, 1.807) is 87.7 Å². The number of nitrogens with two attached hydrogens (primary N) is 1. The number of Topliss-reactive ketones (excluding diaryl/α,β-unsaturated/α-hetero) is 1. The van der Waals surface area contributed by atoms with Crippen molar-refractivity contribution >= 4 is 53.1 Å². The van der Waals surface area contributed by atoms with Gasteiger partial charge in [0.2, 0.25) is 11.8 Å². The Kier molecular flexibility index (Phi) is 20.6. The standard InChI is InChI=1S/C61H69F4N9O10/c1-35(2)52(70-57(80)53(39-13-8-7-9-14-39)74-50(77)23-24-51(74)78)49(76)27-40(15-11-25-67-59(66)82)56(79)68-44-20-17-37(18-21-44)34-84-60(83)72-30-41(47(65)32-72)31-73(58(81)36(3)75)54(61(4,5)6)55-69-48(45-28-43(63)19-22-46(45)64)33-71(55)29-38-12-10-16-42(62)26-38/h7-10,12-14,16-24,26,28,33,35-36,40-41,47,52-54,75H,11,15,25,27,29-32,34H2,1-6H3,(H,68,79)(H,70,80)(H3,66,67,82)/t36-,40+,41-,47-,52-,53-,54-/m0/s1. The molecule has 8 amide bonds. The number of aliphatic hydroxyl groups excluding tert-OH is 1. The summed E-state index contributed by atoms with van der Waals surface area (Å²) in [5.74, 6) is -8.44. The van der Waals surface area contributed by atoms with E-state index in [0.717, 1.165) is 40.2 Å². The minimum atomic E-state index is -1.67. The predicted octanol–water partition coefficient (Wildman–Crippen LogP) is 7.69. The highest BCUT2D eigenvalue weighted by atomic mass is 19.1. The molecular weight excluding hydrogens is 1090 g/mol. The molecule has 6 N–H and O–H groups in total. The van der Waals surface area contributed by atoms with Crippen molar-refractivity contribution in [3.63, 3.8) is 0 Å². The fraction of sp³-hybridized carbons (Fsp3) is 0.393. The van der Waals surface area contributed by atoms with Gasteiger partial charge in [-0.1, -0.05) is 89.2 Å². The molecular formula is C61H69F4N9O10. The van der Waals surface area contributed by atoms with Crippen molar-refractivity contribution in [1.82, 2.24) is 34.9 Å². The molecule has 19 nitrogen and oxygen atoms in total. The number of urea groups is 1. The number of hydrogen-bond acceptors (Lipinski definition) is 11. The van der Waals surface area contributed by atoms with Crippen molar-refractivity contribution in [3.05, 3.63) is 155 Å². The van der Waals surface area contributed by atoms with Gasteiger partial charge in [0, 0.05) is 74.0 Å². The zero-order valence-corrected chi connectivity index (χ0v) is 47.4. The molecule has 5 aromatic rings. The normalized spacial score (nSPS) is 16.9. The number of primary amides is 1. The second-order valence-corrected chi connectivity index (χ2v) is 22.4. The lowest BCUT2D eigenvalue weighted by atomic mass is 9.84. The fourth-order valence-corrected chi connectivity index (χ4v) is 10.4. The lowest BCUT2D eigenvalue weighted by Crippen LogP contribution is -2.51. The van der Waals surface area contributed by atoms with Crippen molar-refractivity contribution in [2.75, 3.05) is 31.5 Å². The summed E-state index contributed by atoms with van der Waals surface area (Å²) in [6, 6.07) is 18.6. The molecule has 7 rings (SSSR count). The molecule has 1 fully saturated rings. The van der Waals surface area contributed by atoms with Gasteiger partial charge in [-0.05, 0) is 90.3 Å². The summed E-state index contributed by atoms with van der Waals surface area (Å²) < 4.78 is 67.7. The second-order valence-electron chi connectivity index (χ2n) is 22.4. The molecule has 0 spiro atoms. The highest BCUT2D eigenvalue weighted by molar-refractivity contribution is 6.15. The first kappa shape index (κ1) is 62.9. The van der Waals surface area contributed by atoms with E-state index in [2.05, 4.69) is 16.0 Å². The summed E-state index contributed by atoms with van der Waals surface area (Å²) in [7, 11) is 0. The smallest absolute Gasteiger partial charge is 0.410 e. The van der Waals surface area contributed by atoms with Crippen molar-refractivity contribution < 1.29 is 65.8 Å². The fourth-order valence-electron chi connectivity index (χ4n) is 10.4. The third-order valence-electron chi connectivity index (χ3n) is 14.5. The van der Waals surface area contributed by atoms with E-state index in [0.29, 0.717) is 22.4 Å². The molecule has 2 aliphatic heterocycles. The van der Waals surface area contributed by atoms with Crippen LogP contribution in [0.25, 0.3) is 11.3 Å². The number of anilines is 1. The predicted molar refractivity (Wildman–Crippen MR) is 301 cm³/mol. The largest absolute Gasteiger partial charge is 0.445 e. The third-order valence-corrected chi connectivity index (χ3v) is 14.5. The van der Waals surface area contributed by atoms with Gasteiger partial charge in [-0.25, -0.2) is 32.1 Å². The number of nitrogens with one attached hydrogen (secondary N) is 3. The minimum absolute atomic E-state index is 0.00295. The van der Waals surface area contributed by atoms with Crippen LogP contribution in [-0.2, 0) is 46.7 Å². The Labute approximate surface area is 483 Å². The summed E-state index contributed by atoms with van der Waals surface area (Å²) in [5.41, 5.74) is 5.73. The molecule has 0 radical (unpaired) electrons. The number of carbonyl (C=O) groups excluding carboxylic acids is 8. The Morgan fingerprint density at radius 2 is 1.52 bits per heavy atom. The summed E-state index contributed by atoms with van der Waals surface area (Å²) in [6.07, 6.45) is -0.578. The van der Waals surface area contributed by atoms with Gasteiger partial charge in [0.15, 0.2) is 5.78 Å². The van der Waals surface area contributed by atoms with E-state index in [9.17, 15) is 52.2 Å². The number of alkyl halides is 1. The number of ether oxygens (including phenoxy) is 1. The van der Waals surface area contributed by atoms with Crippen LogP contribution in [0.15, 0.2) is 115 Å². The van der Waals surface area contributed by atoms with Crippen LogP contribution in [-0.4, -0.2) is 121 Å². The average Bonchev–Trinajstić information content (AvgIpc) is 2.39. The van der Waals surface area contributed by atoms with E-state index in [1.165, 1.54) is 48.4 Å². The number of nitrogens with zero attached hydrogens (tertiary/aromatic N) is 5. The van der Waals surface area contributed by atoms with E-state index < -0.39 is 125 Å². The van der Waals surface area contributed by atoms with Crippen LogP contribution in [0.2, 0.25) is 0 Å². The molecule has 84 heavy (non-hydrogen) atoms. The van der Waals surface area contributed by atoms with Gasteiger partial charge in [-0.2, -0.15) is 0 Å². The molecule has 3 heterocycles. The molecule has 1 aromatic heterocycles. The average molecular weight is 1160 g/mol. The number of carbonyl (C=O) groups is 8.